The topological polar surface area (TPSA) is 75.7 Å². The molecule has 24 heavy (non-hydrogen) atoms. The van der Waals surface area contributed by atoms with Crippen LogP contribution in [0.15, 0.2) is 18.2 Å². The molecule has 130 valence electrons. The van der Waals surface area contributed by atoms with Crippen LogP contribution in [0.5, 0.6) is 0 Å². The maximum atomic E-state index is 13.5. The van der Waals surface area contributed by atoms with E-state index < -0.39 is 41.0 Å². The lowest BCUT2D eigenvalue weighted by atomic mass is 9.98. The molecule has 2 rings (SSSR count). The number of nitrogens with one attached hydrogen (secondary N) is 1. The number of piperidine rings is 1. The molecule has 0 aromatic heterocycles. The van der Waals surface area contributed by atoms with Gasteiger partial charge in [-0.2, -0.15) is 0 Å². The molecule has 8 heteroatoms. The summed E-state index contributed by atoms with van der Waals surface area (Å²) in [5, 5.41) is 1.95. The maximum absolute atomic E-state index is 13.5. The summed E-state index contributed by atoms with van der Waals surface area (Å²) in [5.41, 5.74) is -0.671. The van der Waals surface area contributed by atoms with Gasteiger partial charge < -0.3 is 15.0 Å². The van der Waals surface area contributed by atoms with Crippen LogP contribution in [0.4, 0.5) is 14.5 Å². The van der Waals surface area contributed by atoms with Crippen LogP contribution in [-0.2, 0) is 19.1 Å². The Bertz CT molecular complexity index is 631. The van der Waals surface area contributed by atoms with Crippen molar-refractivity contribution in [1.82, 2.24) is 4.90 Å². The molecule has 1 aromatic carbocycles. The number of carbonyl (C=O) groups excluding carboxylic acids is 3. The van der Waals surface area contributed by atoms with Crippen LogP contribution in [0.3, 0.4) is 0 Å². The number of nitrogens with zero attached hydrogens (tertiary/aromatic N) is 1. The van der Waals surface area contributed by atoms with Crippen molar-refractivity contribution in [2.75, 3.05) is 25.0 Å². The molecule has 1 heterocycles. The fourth-order valence-electron chi connectivity index (χ4n) is 2.54. The molecule has 1 aromatic rings. The molecule has 0 aliphatic carbocycles. The van der Waals surface area contributed by atoms with E-state index in [9.17, 15) is 23.2 Å². The van der Waals surface area contributed by atoms with Gasteiger partial charge in [-0.05, 0) is 31.9 Å². The SMILES string of the molecule is CCOC(=O)C1CCCN(C(=O)C(=O)Nc2c(F)cccc2F)C1. The number of carbonyl (C=O) groups is 3. The quantitative estimate of drug-likeness (QED) is 0.671. The number of likely N-dealkylation sites (tertiary alicyclic amines) is 1. The van der Waals surface area contributed by atoms with Crippen molar-refractivity contribution in [3.05, 3.63) is 29.8 Å². The van der Waals surface area contributed by atoms with Crippen LogP contribution >= 0.6 is 0 Å². The minimum absolute atomic E-state index is 0.0465. The molecule has 1 aliphatic rings. The molecule has 0 saturated carbocycles. The van der Waals surface area contributed by atoms with Crippen molar-refractivity contribution in [2.45, 2.75) is 19.8 Å². The summed E-state index contributed by atoms with van der Waals surface area (Å²) in [6.45, 7) is 2.25. The largest absolute Gasteiger partial charge is 0.466 e. The van der Waals surface area contributed by atoms with Crippen LogP contribution in [0.2, 0.25) is 0 Å². The van der Waals surface area contributed by atoms with E-state index in [4.69, 9.17) is 4.74 Å². The van der Waals surface area contributed by atoms with Crippen LogP contribution < -0.4 is 5.32 Å². The van der Waals surface area contributed by atoms with E-state index in [1.807, 2.05) is 5.32 Å². The monoisotopic (exact) mass is 340 g/mol. The summed E-state index contributed by atoms with van der Waals surface area (Å²) in [4.78, 5) is 37.1. The average Bonchev–Trinajstić information content (AvgIpc) is 2.57. The van der Waals surface area contributed by atoms with Crippen LogP contribution in [0.25, 0.3) is 0 Å². The lowest BCUT2D eigenvalue weighted by Crippen LogP contribution is -2.47. The predicted molar refractivity (Wildman–Crippen MR) is 80.9 cm³/mol. The first kappa shape index (κ1) is 17.8. The Labute approximate surface area is 137 Å². The minimum atomic E-state index is -1.15. The summed E-state index contributed by atoms with van der Waals surface area (Å²) in [6.07, 6.45) is 1.10. The molecule has 1 unspecified atom stereocenters. The molecule has 1 saturated heterocycles. The predicted octanol–water partition coefficient (Wildman–Crippen LogP) is 1.70. The molecule has 0 spiro atoms. The second kappa shape index (κ2) is 7.85. The lowest BCUT2D eigenvalue weighted by molar-refractivity contribution is -0.153. The third-order valence-corrected chi connectivity index (χ3v) is 3.72. The lowest BCUT2D eigenvalue weighted by Gasteiger charge is -2.31. The van der Waals surface area contributed by atoms with Crippen LogP contribution in [0, 0.1) is 17.6 Å². The normalized spacial score (nSPS) is 17.3. The van der Waals surface area contributed by atoms with E-state index in [-0.39, 0.29) is 13.2 Å². The summed E-state index contributed by atoms with van der Waals surface area (Å²) >= 11 is 0. The van der Waals surface area contributed by atoms with E-state index in [0.717, 1.165) is 18.2 Å². The Morgan fingerprint density at radius 2 is 1.96 bits per heavy atom. The second-order valence-electron chi connectivity index (χ2n) is 5.39. The van der Waals surface area contributed by atoms with Gasteiger partial charge in [0.2, 0.25) is 0 Å². The van der Waals surface area contributed by atoms with Gasteiger partial charge >= 0.3 is 17.8 Å². The number of rotatable bonds is 3. The van der Waals surface area contributed by atoms with E-state index in [1.165, 1.54) is 4.90 Å². The van der Waals surface area contributed by atoms with Crippen LogP contribution in [0.1, 0.15) is 19.8 Å². The van der Waals surface area contributed by atoms with E-state index in [2.05, 4.69) is 0 Å². The zero-order valence-corrected chi connectivity index (χ0v) is 13.2. The van der Waals surface area contributed by atoms with Crippen molar-refractivity contribution in [1.29, 1.82) is 0 Å². The maximum Gasteiger partial charge on any atom is 0.314 e. The van der Waals surface area contributed by atoms with Crippen molar-refractivity contribution in [3.63, 3.8) is 0 Å². The van der Waals surface area contributed by atoms with Gasteiger partial charge in [-0.15, -0.1) is 0 Å². The summed E-state index contributed by atoms with van der Waals surface area (Å²) in [7, 11) is 0. The van der Waals surface area contributed by atoms with Crippen LogP contribution in [-0.4, -0.2) is 42.4 Å². The molecule has 1 aliphatic heterocycles. The number of hydrogen-bond donors (Lipinski definition) is 1. The number of benzene rings is 1. The van der Waals surface area contributed by atoms with Gasteiger partial charge in [0.15, 0.2) is 0 Å². The van der Waals surface area contributed by atoms with Gasteiger partial charge in [0.1, 0.15) is 17.3 Å². The van der Waals surface area contributed by atoms with Crippen molar-refractivity contribution >= 4 is 23.5 Å². The zero-order chi connectivity index (χ0) is 17.7. The number of ether oxygens (including phenoxy) is 1. The molecule has 6 nitrogen and oxygen atoms in total. The van der Waals surface area contributed by atoms with Crippen molar-refractivity contribution in [3.8, 4) is 0 Å². The highest BCUT2D eigenvalue weighted by Crippen LogP contribution is 2.20. The molecular weight excluding hydrogens is 322 g/mol. The van der Waals surface area contributed by atoms with Gasteiger partial charge in [-0.1, -0.05) is 6.07 Å². The number of anilines is 1. The highest BCUT2D eigenvalue weighted by Gasteiger charge is 2.32. The third kappa shape index (κ3) is 4.06. The Kier molecular flexibility index (Phi) is 5.83. The Balaban J connectivity index is 2.02. The number of hydrogen-bond acceptors (Lipinski definition) is 4. The first-order chi connectivity index (χ1) is 11.4. The smallest absolute Gasteiger partial charge is 0.314 e. The minimum Gasteiger partial charge on any atom is -0.466 e. The van der Waals surface area contributed by atoms with Gasteiger partial charge in [0.25, 0.3) is 0 Å². The Morgan fingerprint density at radius 1 is 1.29 bits per heavy atom. The van der Waals surface area contributed by atoms with E-state index >= 15 is 0 Å². The number of para-hydroxylation sites is 1. The highest BCUT2D eigenvalue weighted by molar-refractivity contribution is 6.39. The molecule has 1 atom stereocenters. The standard InChI is InChI=1S/C16H18F2N2O4/c1-2-24-16(23)10-5-4-8-20(9-10)15(22)14(21)19-13-11(17)6-3-7-12(13)18/h3,6-7,10H,2,4-5,8-9H2,1H3,(H,19,21). The molecule has 1 fully saturated rings. The third-order valence-electron chi connectivity index (χ3n) is 3.72. The number of esters is 1. The van der Waals surface area contributed by atoms with Gasteiger partial charge in [0.05, 0.1) is 12.5 Å². The molecule has 0 radical (unpaired) electrons. The molecule has 0 bridgehead atoms. The molecule has 2 amide bonds. The number of amides is 2. The summed E-state index contributed by atoms with van der Waals surface area (Å²) < 4.78 is 32.0. The second-order valence-corrected chi connectivity index (χ2v) is 5.39. The number of halogens is 2. The van der Waals surface area contributed by atoms with Gasteiger partial charge in [0, 0.05) is 13.1 Å². The Hall–Kier alpha value is -2.51. The fourth-order valence-corrected chi connectivity index (χ4v) is 2.54. The first-order valence-electron chi connectivity index (χ1n) is 7.65. The highest BCUT2D eigenvalue weighted by atomic mass is 19.1. The average molecular weight is 340 g/mol. The Morgan fingerprint density at radius 3 is 2.58 bits per heavy atom. The van der Waals surface area contributed by atoms with E-state index in [1.54, 1.807) is 6.92 Å². The first-order valence-corrected chi connectivity index (χ1v) is 7.65. The zero-order valence-electron chi connectivity index (χ0n) is 13.2. The molecule has 1 N–H and O–H groups in total. The summed E-state index contributed by atoms with van der Waals surface area (Å²) in [6, 6.07) is 3.10. The fraction of sp³-hybridized carbons (Fsp3) is 0.438. The van der Waals surface area contributed by atoms with Gasteiger partial charge in [-0.3, -0.25) is 14.4 Å². The van der Waals surface area contributed by atoms with Crippen molar-refractivity contribution < 1.29 is 27.9 Å². The van der Waals surface area contributed by atoms with Crippen molar-refractivity contribution in [2.24, 2.45) is 5.92 Å². The summed E-state index contributed by atoms with van der Waals surface area (Å²) in [5.74, 6) is -4.95. The molecular formula is C16H18F2N2O4. The van der Waals surface area contributed by atoms with E-state index in [0.29, 0.717) is 19.4 Å². The van der Waals surface area contributed by atoms with Gasteiger partial charge in [-0.25, -0.2) is 8.78 Å².